The van der Waals surface area contributed by atoms with Gasteiger partial charge < -0.3 is 9.47 Å². The van der Waals surface area contributed by atoms with Crippen molar-refractivity contribution in [3.8, 4) is 0 Å². The van der Waals surface area contributed by atoms with Gasteiger partial charge in [-0.3, -0.25) is 9.78 Å². The van der Waals surface area contributed by atoms with Crippen LogP contribution in [0.25, 0.3) is 10.9 Å². The van der Waals surface area contributed by atoms with E-state index in [-0.39, 0.29) is 5.91 Å². The number of rotatable bonds is 4. The first-order valence-corrected chi connectivity index (χ1v) is 9.93. The van der Waals surface area contributed by atoms with Gasteiger partial charge in [-0.15, -0.1) is 0 Å². The second-order valence-electron chi connectivity index (χ2n) is 7.89. The lowest BCUT2D eigenvalue weighted by Crippen LogP contribution is -2.39. The number of fused-ring (bicyclic) bond motifs is 1. The molecule has 3 heterocycles. The molecule has 0 bridgehead atoms. The average Bonchev–Trinajstić information content (AvgIpc) is 3.42. The first-order chi connectivity index (χ1) is 13.3. The van der Waals surface area contributed by atoms with Crippen LogP contribution in [-0.2, 0) is 6.54 Å². The third-order valence-electron chi connectivity index (χ3n) is 5.81. The summed E-state index contributed by atoms with van der Waals surface area (Å²) in [4.78, 5) is 24.2. The summed E-state index contributed by atoms with van der Waals surface area (Å²) >= 11 is 0. The van der Waals surface area contributed by atoms with E-state index < -0.39 is 0 Å². The highest BCUT2D eigenvalue weighted by Gasteiger charge is 2.30. The van der Waals surface area contributed by atoms with Crippen molar-refractivity contribution >= 4 is 16.8 Å². The topological polar surface area (TPSA) is 51.0 Å². The van der Waals surface area contributed by atoms with Crippen LogP contribution < -0.4 is 0 Å². The van der Waals surface area contributed by atoms with E-state index in [0.717, 1.165) is 55.1 Å². The largest absolute Gasteiger partial charge is 0.338 e. The predicted octanol–water partition coefficient (Wildman–Crippen LogP) is 3.86. The minimum absolute atomic E-state index is 0.0817. The van der Waals surface area contributed by atoms with Crippen molar-refractivity contribution in [2.24, 2.45) is 5.92 Å². The smallest absolute Gasteiger partial charge is 0.255 e. The molecule has 0 spiro atoms. The van der Waals surface area contributed by atoms with Gasteiger partial charge in [-0.05, 0) is 43.7 Å². The highest BCUT2D eigenvalue weighted by Crippen LogP contribution is 2.33. The van der Waals surface area contributed by atoms with E-state index in [1.54, 1.807) is 6.20 Å². The molecule has 3 aromatic rings. The predicted molar refractivity (Wildman–Crippen MR) is 105 cm³/mol. The van der Waals surface area contributed by atoms with Gasteiger partial charge in [-0.1, -0.05) is 18.2 Å². The maximum absolute atomic E-state index is 13.1. The van der Waals surface area contributed by atoms with Gasteiger partial charge in [0.1, 0.15) is 5.82 Å². The van der Waals surface area contributed by atoms with E-state index in [0.29, 0.717) is 11.5 Å². The zero-order valence-corrected chi connectivity index (χ0v) is 15.4. The number of carbonyl (C=O) groups is 1. The Hall–Kier alpha value is -2.69. The second-order valence-corrected chi connectivity index (χ2v) is 7.89. The van der Waals surface area contributed by atoms with Crippen molar-refractivity contribution in [2.75, 3.05) is 13.1 Å². The molecule has 1 aromatic carbocycles. The van der Waals surface area contributed by atoms with Crippen LogP contribution in [0.2, 0.25) is 0 Å². The van der Waals surface area contributed by atoms with Gasteiger partial charge in [-0.25, -0.2) is 4.98 Å². The zero-order chi connectivity index (χ0) is 18.2. The Morgan fingerprint density at radius 3 is 2.93 bits per heavy atom. The lowest BCUT2D eigenvalue weighted by Gasteiger charge is -2.32. The van der Waals surface area contributed by atoms with Gasteiger partial charge in [0.05, 0.1) is 11.1 Å². The fraction of sp³-hybridized carbons (Fsp3) is 0.409. The summed E-state index contributed by atoms with van der Waals surface area (Å²) < 4.78 is 2.31. The molecule has 2 aliphatic rings. The number of pyridine rings is 1. The molecule has 2 fully saturated rings. The van der Waals surface area contributed by atoms with E-state index in [4.69, 9.17) is 0 Å². The molecule has 138 valence electrons. The number of carbonyl (C=O) groups excluding carboxylic acids is 1. The molecule has 0 radical (unpaired) electrons. The van der Waals surface area contributed by atoms with Crippen LogP contribution in [0, 0.1) is 5.92 Å². The minimum Gasteiger partial charge on any atom is -0.338 e. The van der Waals surface area contributed by atoms with E-state index in [1.165, 1.54) is 12.8 Å². The molecule has 1 atom stereocenters. The lowest BCUT2D eigenvalue weighted by atomic mass is 9.96. The second kappa shape index (κ2) is 6.80. The summed E-state index contributed by atoms with van der Waals surface area (Å²) in [6, 6.07) is 9.89. The first kappa shape index (κ1) is 16.5. The molecule has 1 amide bonds. The summed E-state index contributed by atoms with van der Waals surface area (Å²) in [6.07, 6.45) is 10.5. The SMILES string of the molecule is O=C(c1cnc2ccccc2c1)N1CCC[C@@H](c2nccn2CC2CC2)C1. The van der Waals surface area contributed by atoms with Crippen LogP contribution in [-0.4, -0.2) is 38.4 Å². The van der Waals surface area contributed by atoms with Gasteiger partial charge >= 0.3 is 0 Å². The first-order valence-electron chi connectivity index (χ1n) is 9.93. The molecule has 0 unspecified atom stereocenters. The standard InChI is InChI=1S/C22H24N4O/c27-22(19-12-17-4-1-2-6-20(17)24-13-19)26-10-3-5-18(15-26)21-23-9-11-25(21)14-16-7-8-16/h1-2,4,6,9,11-13,16,18H,3,5,7-8,10,14-15H2/t18-/m1/s1. The Balaban J connectivity index is 1.35. The van der Waals surface area contributed by atoms with Crippen molar-refractivity contribution in [3.63, 3.8) is 0 Å². The molecule has 0 N–H and O–H groups in total. The Kier molecular flexibility index (Phi) is 4.15. The van der Waals surface area contributed by atoms with E-state index >= 15 is 0 Å². The van der Waals surface area contributed by atoms with E-state index in [2.05, 4.69) is 20.7 Å². The number of likely N-dealkylation sites (tertiary alicyclic amines) is 1. The minimum atomic E-state index is 0.0817. The average molecular weight is 360 g/mol. The van der Waals surface area contributed by atoms with E-state index in [9.17, 15) is 4.79 Å². The lowest BCUT2D eigenvalue weighted by molar-refractivity contribution is 0.0703. The number of para-hydroxylation sites is 1. The Morgan fingerprint density at radius 1 is 1.15 bits per heavy atom. The van der Waals surface area contributed by atoms with Crippen molar-refractivity contribution in [1.82, 2.24) is 19.4 Å². The molecule has 1 aliphatic heterocycles. The van der Waals surface area contributed by atoms with Crippen LogP contribution in [0.5, 0.6) is 0 Å². The zero-order valence-electron chi connectivity index (χ0n) is 15.4. The van der Waals surface area contributed by atoms with Crippen LogP contribution in [0.15, 0.2) is 48.9 Å². The van der Waals surface area contributed by atoms with Gasteiger partial charge in [0.2, 0.25) is 0 Å². The quantitative estimate of drug-likeness (QED) is 0.710. The summed E-state index contributed by atoms with van der Waals surface area (Å²) in [6.45, 7) is 2.63. The Labute approximate surface area is 159 Å². The maximum Gasteiger partial charge on any atom is 0.255 e. The van der Waals surface area contributed by atoms with Crippen LogP contribution in [0.4, 0.5) is 0 Å². The number of imidazole rings is 1. The summed E-state index contributed by atoms with van der Waals surface area (Å²) in [5.74, 6) is 2.38. The molecule has 5 rings (SSSR count). The molecule has 2 aromatic heterocycles. The van der Waals surface area contributed by atoms with E-state index in [1.807, 2.05) is 41.4 Å². The van der Waals surface area contributed by atoms with Crippen LogP contribution in [0.3, 0.4) is 0 Å². The fourth-order valence-corrected chi connectivity index (χ4v) is 4.16. The highest BCUT2D eigenvalue weighted by atomic mass is 16.2. The number of nitrogens with zero attached hydrogens (tertiary/aromatic N) is 4. The van der Waals surface area contributed by atoms with Gasteiger partial charge in [-0.2, -0.15) is 0 Å². The Morgan fingerprint density at radius 2 is 2.04 bits per heavy atom. The third kappa shape index (κ3) is 3.34. The number of benzene rings is 1. The number of piperidine rings is 1. The molecule has 27 heavy (non-hydrogen) atoms. The van der Waals surface area contributed by atoms with Crippen molar-refractivity contribution in [1.29, 1.82) is 0 Å². The molecule has 5 heteroatoms. The molecular formula is C22H24N4O. The monoisotopic (exact) mass is 360 g/mol. The number of hydrogen-bond acceptors (Lipinski definition) is 3. The summed E-state index contributed by atoms with van der Waals surface area (Å²) in [7, 11) is 0. The summed E-state index contributed by atoms with van der Waals surface area (Å²) in [5.41, 5.74) is 1.60. The number of aromatic nitrogens is 3. The fourth-order valence-electron chi connectivity index (χ4n) is 4.16. The van der Waals surface area contributed by atoms with Gasteiger partial charge in [0, 0.05) is 49.5 Å². The molecule has 1 saturated heterocycles. The van der Waals surface area contributed by atoms with Gasteiger partial charge in [0.25, 0.3) is 5.91 Å². The molecule has 1 saturated carbocycles. The van der Waals surface area contributed by atoms with Crippen molar-refractivity contribution < 1.29 is 4.79 Å². The molecular weight excluding hydrogens is 336 g/mol. The normalized spacial score (nSPS) is 20.1. The van der Waals surface area contributed by atoms with Gasteiger partial charge in [0.15, 0.2) is 0 Å². The molecule has 5 nitrogen and oxygen atoms in total. The molecule has 1 aliphatic carbocycles. The summed E-state index contributed by atoms with van der Waals surface area (Å²) in [5, 5.41) is 1.01. The maximum atomic E-state index is 13.1. The van der Waals surface area contributed by atoms with Crippen molar-refractivity contribution in [2.45, 2.75) is 38.1 Å². The highest BCUT2D eigenvalue weighted by molar-refractivity contribution is 5.97. The number of amides is 1. The van der Waals surface area contributed by atoms with Crippen LogP contribution in [0.1, 0.15) is 47.8 Å². The number of hydrogen-bond donors (Lipinski definition) is 0. The van der Waals surface area contributed by atoms with Crippen LogP contribution >= 0.6 is 0 Å². The Bertz CT molecular complexity index is 975. The van der Waals surface area contributed by atoms with Crippen molar-refractivity contribution in [3.05, 3.63) is 60.3 Å². The third-order valence-corrected chi connectivity index (χ3v) is 5.81.